The van der Waals surface area contributed by atoms with Crippen molar-refractivity contribution in [3.8, 4) is 11.8 Å². The molecule has 2 aromatic rings. The minimum absolute atomic E-state index is 0.177. The van der Waals surface area contributed by atoms with Crippen molar-refractivity contribution >= 4 is 17.6 Å². The van der Waals surface area contributed by atoms with Gasteiger partial charge in [0, 0.05) is 23.7 Å². The Kier molecular flexibility index (Phi) is 7.90. The molecule has 2 aromatic carbocycles. The van der Waals surface area contributed by atoms with Crippen molar-refractivity contribution in [1.29, 1.82) is 5.26 Å². The second-order valence-corrected chi connectivity index (χ2v) is 6.15. The number of nitrogens with zero attached hydrogens (tertiary/aromatic N) is 2. The fourth-order valence-electron chi connectivity index (χ4n) is 2.42. The summed E-state index contributed by atoms with van der Waals surface area (Å²) in [5.41, 5.74) is 1.73. The van der Waals surface area contributed by atoms with Gasteiger partial charge in [0.05, 0.1) is 25.3 Å². The molecular weight excluding hydrogens is 367 g/mol. The maximum atomic E-state index is 14.0. The molecule has 0 unspecified atom stereocenters. The standard InChI is InChI=1S/C20H22ClFN4O/c1-3-24-20(26-13-16-5-4-14(12-23)10-19(16)22)25-9-8-15-6-7-17(27-2)11-18(15)21/h4-7,10-11H,3,8-9,13H2,1-2H3,(H2,24,25,26). The van der Waals surface area contributed by atoms with Crippen LogP contribution in [0, 0.1) is 17.1 Å². The summed E-state index contributed by atoms with van der Waals surface area (Å²) < 4.78 is 19.1. The molecule has 0 heterocycles. The van der Waals surface area contributed by atoms with E-state index in [0.29, 0.717) is 41.6 Å². The predicted molar refractivity (Wildman–Crippen MR) is 106 cm³/mol. The SMILES string of the molecule is CCNC(=NCc1ccc(C#N)cc1F)NCCc1ccc(OC)cc1Cl. The topological polar surface area (TPSA) is 69.4 Å². The minimum Gasteiger partial charge on any atom is -0.497 e. The van der Waals surface area contributed by atoms with Crippen molar-refractivity contribution in [3.05, 3.63) is 63.9 Å². The average Bonchev–Trinajstić information content (AvgIpc) is 2.67. The summed E-state index contributed by atoms with van der Waals surface area (Å²) in [5.74, 6) is 0.876. The van der Waals surface area contributed by atoms with Gasteiger partial charge in [-0.2, -0.15) is 5.26 Å². The molecular formula is C20H22ClFN4O. The van der Waals surface area contributed by atoms with Gasteiger partial charge in [0.2, 0.25) is 0 Å². The lowest BCUT2D eigenvalue weighted by Crippen LogP contribution is -2.38. The molecule has 0 aliphatic carbocycles. The number of benzene rings is 2. The van der Waals surface area contributed by atoms with E-state index in [2.05, 4.69) is 15.6 Å². The van der Waals surface area contributed by atoms with E-state index >= 15 is 0 Å². The Hall–Kier alpha value is -2.78. The van der Waals surface area contributed by atoms with Gasteiger partial charge in [-0.25, -0.2) is 9.38 Å². The van der Waals surface area contributed by atoms with Gasteiger partial charge in [0.15, 0.2) is 5.96 Å². The zero-order valence-corrected chi connectivity index (χ0v) is 16.1. The summed E-state index contributed by atoms with van der Waals surface area (Å²) >= 11 is 6.25. The van der Waals surface area contributed by atoms with Gasteiger partial charge in [0.25, 0.3) is 0 Å². The molecule has 2 N–H and O–H groups in total. The average molecular weight is 389 g/mol. The van der Waals surface area contributed by atoms with Crippen LogP contribution in [-0.2, 0) is 13.0 Å². The minimum atomic E-state index is -0.432. The normalized spacial score (nSPS) is 11.0. The number of hydrogen-bond donors (Lipinski definition) is 2. The summed E-state index contributed by atoms with van der Waals surface area (Å²) in [4.78, 5) is 4.40. The monoisotopic (exact) mass is 388 g/mol. The van der Waals surface area contributed by atoms with E-state index in [4.69, 9.17) is 21.6 Å². The Morgan fingerprint density at radius 1 is 1.22 bits per heavy atom. The van der Waals surface area contributed by atoms with E-state index in [1.54, 1.807) is 25.3 Å². The molecule has 0 radical (unpaired) electrons. The van der Waals surface area contributed by atoms with Gasteiger partial charge in [-0.1, -0.05) is 23.7 Å². The van der Waals surface area contributed by atoms with Gasteiger partial charge in [-0.15, -0.1) is 0 Å². The molecule has 0 atom stereocenters. The quantitative estimate of drug-likeness (QED) is 0.561. The van der Waals surface area contributed by atoms with E-state index in [1.807, 2.05) is 25.1 Å². The molecule has 0 aliphatic rings. The molecule has 5 nitrogen and oxygen atoms in total. The lowest BCUT2D eigenvalue weighted by Gasteiger charge is -2.12. The number of rotatable bonds is 7. The van der Waals surface area contributed by atoms with Crippen molar-refractivity contribution < 1.29 is 9.13 Å². The third-order valence-electron chi connectivity index (χ3n) is 3.88. The van der Waals surface area contributed by atoms with Crippen molar-refractivity contribution in [2.24, 2.45) is 4.99 Å². The molecule has 0 saturated carbocycles. The first-order valence-electron chi connectivity index (χ1n) is 8.60. The summed E-state index contributed by atoms with van der Waals surface area (Å²) in [7, 11) is 1.60. The number of methoxy groups -OCH3 is 1. The largest absolute Gasteiger partial charge is 0.497 e. The highest BCUT2D eigenvalue weighted by molar-refractivity contribution is 6.31. The third kappa shape index (κ3) is 6.15. The van der Waals surface area contributed by atoms with Crippen molar-refractivity contribution in [1.82, 2.24) is 10.6 Å². The van der Waals surface area contributed by atoms with Gasteiger partial charge in [-0.05, 0) is 43.2 Å². The molecule has 0 aromatic heterocycles. The molecule has 7 heteroatoms. The molecule has 27 heavy (non-hydrogen) atoms. The Balaban J connectivity index is 1.97. The first kappa shape index (κ1) is 20.5. The van der Waals surface area contributed by atoms with E-state index in [0.717, 1.165) is 11.3 Å². The highest BCUT2D eigenvalue weighted by atomic mass is 35.5. The molecule has 142 valence electrons. The van der Waals surface area contributed by atoms with Crippen LogP contribution in [-0.4, -0.2) is 26.2 Å². The van der Waals surface area contributed by atoms with Gasteiger partial charge in [-0.3, -0.25) is 0 Å². The van der Waals surface area contributed by atoms with Crippen LogP contribution in [0.15, 0.2) is 41.4 Å². The van der Waals surface area contributed by atoms with Crippen LogP contribution in [0.25, 0.3) is 0 Å². The van der Waals surface area contributed by atoms with Crippen LogP contribution < -0.4 is 15.4 Å². The molecule has 0 fully saturated rings. The number of nitriles is 1. The third-order valence-corrected chi connectivity index (χ3v) is 4.23. The number of nitrogens with one attached hydrogen (secondary N) is 2. The van der Waals surface area contributed by atoms with Crippen LogP contribution in [0.2, 0.25) is 5.02 Å². The fourth-order valence-corrected chi connectivity index (χ4v) is 2.69. The highest BCUT2D eigenvalue weighted by Crippen LogP contribution is 2.22. The Labute approximate surface area is 163 Å². The van der Waals surface area contributed by atoms with Crippen LogP contribution >= 0.6 is 11.6 Å². The summed E-state index contributed by atoms with van der Waals surface area (Å²) in [6.07, 6.45) is 0.707. The van der Waals surface area contributed by atoms with E-state index < -0.39 is 5.82 Å². The van der Waals surface area contributed by atoms with Crippen LogP contribution in [0.4, 0.5) is 4.39 Å². The molecule has 2 rings (SSSR count). The van der Waals surface area contributed by atoms with Gasteiger partial charge in [0.1, 0.15) is 11.6 Å². The number of halogens is 2. The first-order chi connectivity index (χ1) is 13.1. The number of hydrogen-bond acceptors (Lipinski definition) is 3. The lowest BCUT2D eigenvalue weighted by atomic mass is 10.1. The number of ether oxygens (including phenoxy) is 1. The van der Waals surface area contributed by atoms with Gasteiger partial charge < -0.3 is 15.4 Å². The van der Waals surface area contributed by atoms with Crippen molar-refractivity contribution in [2.75, 3.05) is 20.2 Å². The second kappa shape index (κ2) is 10.4. The number of aliphatic imine (C=N–C) groups is 1. The zero-order chi connectivity index (χ0) is 19.6. The Morgan fingerprint density at radius 3 is 2.63 bits per heavy atom. The molecule has 0 aliphatic heterocycles. The van der Waals surface area contributed by atoms with Crippen molar-refractivity contribution in [3.63, 3.8) is 0 Å². The first-order valence-corrected chi connectivity index (χ1v) is 8.98. The summed E-state index contributed by atoms with van der Waals surface area (Å²) in [6.45, 7) is 3.44. The Morgan fingerprint density at radius 2 is 2.00 bits per heavy atom. The zero-order valence-electron chi connectivity index (χ0n) is 15.4. The van der Waals surface area contributed by atoms with E-state index in [1.165, 1.54) is 6.07 Å². The van der Waals surface area contributed by atoms with E-state index in [9.17, 15) is 4.39 Å². The summed E-state index contributed by atoms with van der Waals surface area (Å²) in [6, 6.07) is 11.9. The molecule has 0 spiro atoms. The maximum absolute atomic E-state index is 14.0. The lowest BCUT2D eigenvalue weighted by molar-refractivity contribution is 0.414. The Bertz CT molecular complexity index is 848. The van der Waals surface area contributed by atoms with Gasteiger partial charge >= 0.3 is 0 Å². The van der Waals surface area contributed by atoms with E-state index in [-0.39, 0.29) is 6.54 Å². The maximum Gasteiger partial charge on any atom is 0.191 e. The smallest absolute Gasteiger partial charge is 0.191 e. The van der Waals surface area contributed by atoms with Crippen LogP contribution in [0.1, 0.15) is 23.6 Å². The van der Waals surface area contributed by atoms with Crippen LogP contribution in [0.3, 0.4) is 0 Å². The van der Waals surface area contributed by atoms with Crippen molar-refractivity contribution in [2.45, 2.75) is 19.9 Å². The highest BCUT2D eigenvalue weighted by Gasteiger charge is 2.06. The molecule has 0 bridgehead atoms. The second-order valence-electron chi connectivity index (χ2n) is 5.75. The van der Waals surface area contributed by atoms with Crippen LogP contribution in [0.5, 0.6) is 5.75 Å². The predicted octanol–water partition coefficient (Wildman–Crippen LogP) is 3.66. The fraction of sp³-hybridized carbons (Fsp3) is 0.300. The summed E-state index contributed by atoms with van der Waals surface area (Å²) in [5, 5.41) is 15.8. The molecule has 0 amide bonds. The molecule has 0 saturated heterocycles. The number of guanidine groups is 1.